The Balaban J connectivity index is 1.53. The second-order valence-corrected chi connectivity index (χ2v) is 13.6. The molecule has 1 atom stereocenters. The lowest BCUT2D eigenvalue weighted by molar-refractivity contribution is 0.102. The van der Waals surface area contributed by atoms with E-state index >= 15 is 0 Å². The first kappa shape index (κ1) is 32.7. The van der Waals surface area contributed by atoms with Gasteiger partial charge in [0, 0.05) is 18.2 Å². The molecular weight excluding hydrogens is 586 g/mol. The van der Waals surface area contributed by atoms with Crippen molar-refractivity contribution in [1.29, 1.82) is 0 Å². The summed E-state index contributed by atoms with van der Waals surface area (Å²) >= 11 is 0. The molecule has 44 heavy (non-hydrogen) atoms. The lowest BCUT2D eigenvalue weighted by Gasteiger charge is -2.24. The lowest BCUT2D eigenvalue weighted by Crippen LogP contribution is -2.41. The van der Waals surface area contributed by atoms with E-state index < -0.39 is 22.0 Å². The Morgan fingerprint density at radius 1 is 1.14 bits per heavy atom. The van der Waals surface area contributed by atoms with Gasteiger partial charge in [-0.3, -0.25) is 14.4 Å². The minimum atomic E-state index is -3.62. The van der Waals surface area contributed by atoms with Crippen LogP contribution in [0.25, 0.3) is 5.69 Å². The number of likely N-dealkylation sites (tertiary alicyclic amines) is 1. The minimum absolute atomic E-state index is 0.0187. The fourth-order valence-corrected chi connectivity index (χ4v) is 5.68. The Morgan fingerprint density at radius 2 is 1.86 bits per heavy atom. The Morgan fingerprint density at radius 3 is 2.52 bits per heavy atom. The average Bonchev–Trinajstić information content (AvgIpc) is 3.60. The van der Waals surface area contributed by atoms with Crippen LogP contribution >= 0.6 is 0 Å². The summed E-state index contributed by atoms with van der Waals surface area (Å²) < 4.78 is 38.9. The predicted octanol–water partition coefficient (Wildman–Crippen LogP) is 4.08. The number of hydrogen-bond acceptors (Lipinski definition) is 9. The van der Waals surface area contributed by atoms with Crippen molar-refractivity contribution < 1.29 is 27.5 Å². The number of nitrogens with one attached hydrogen (secondary N) is 3. The third-order valence-corrected chi connectivity index (χ3v) is 8.07. The minimum Gasteiger partial charge on any atom is -0.492 e. The molecule has 3 aromatic rings. The van der Waals surface area contributed by atoms with Crippen LogP contribution < -0.4 is 24.8 Å². The quantitative estimate of drug-likeness (QED) is 0.301. The molecule has 2 aromatic carbocycles. The predicted molar refractivity (Wildman–Crippen MR) is 169 cm³/mol. The van der Waals surface area contributed by atoms with Crippen molar-refractivity contribution in [2.24, 2.45) is 0 Å². The van der Waals surface area contributed by atoms with E-state index in [1.807, 2.05) is 27.7 Å². The number of aryl methyl sites for hydroxylation is 1. The molecule has 2 heterocycles. The third-order valence-electron chi connectivity index (χ3n) is 7.48. The van der Waals surface area contributed by atoms with E-state index in [1.54, 1.807) is 30.3 Å². The Kier molecular flexibility index (Phi) is 9.84. The van der Waals surface area contributed by atoms with Gasteiger partial charge in [0.15, 0.2) is 5.75 Å². The second kappa shape index (κ2) is 13.2. The molecule has 1 aliphatic heterocycles. The molecule has 2 amide bonds. The molecule has 1 saturated heterocycles. The number of aromatic nitrogens is 3. The fourth-order valence-electron chi connectivity index (χ4n) is 5.13. The van der Waals surface area contributed by atoms with Crippen LogP contribution in [0.15, 0.2) is 36.5 Å². The second-order valence-electron chi connectivity index (χ2n) is 11.9. The van der Waals surface area contributed by atoms with Crippen LogP contribution in [-0.4, -0.2) is 79.4 Å². The highest BCUT2D eigenvalue weighted by atomic mass is 32.2. The van der Waals surface area contributed by atoms with E-state index in [9.17, 15) is 18.0 Å². The smallest absolute Gasteiger partial charge is 0.414 e. The molecule has 1 aromatic heterocycles. The number of anilines is 2. The standard InChI is InChI=1S/C30H41N7O6S/c1-8-36-13-9-10-22(36)17-31-29(39)43-26-18-37(35-33-26)25-14-20(12-11-19(25)2)28(38)32-23-15-21(30(3,4)5)16-24(27(23)42-6)34-44(7,40)41/h11-12,14-16,18,22,34H,8-10,13,17H2,1-7H3,(H,31,39)(H,32,38)/t22-/m1/s1. The molecular formula is C30H41N7O6S. The highest BCUT2D eigenvalue weighted by Crippen LogP contribution is 2.39. The van der Waals surface area contributed by atoms with Gasteiger partial charge in [-0.2, -0.15) is 0 Å². The first-order chi connectivity index (χ1) is 20.7. The van der Waals surface area contributed by atoms with Crippen LogP contribution in [0.4, 0.5) is 16.2 Å². The number of carbonyl (C=O) groups excluding carboxylic acids is 2. The average molecular weight is 628 g/mol. The number of benzene rings is 2. The lowest BCUT2D eigenvalue weighted by atomic mass is 9.86. The van der Waals surface area contributed by atoms with Crippen molar-refractivity contribution in [3.8, 4) is 17.3 Å². The molecule has 1 aliphatic rings. The van der Waals surface area contributed by atoms with Gasteiger partial charge in [-0.05, 0) is 73.7 Å². The van der Waals surface area contributed by atoms with Gasteiger partial charge in [-0.25, -0.2) is 17.9 Å². The number of amides is 2. The van der Waals surface area contributed by atoms with Crippen molar-refractivity contribution in [2.75, 3.05) is 43.0 Å². The van der Waals surface area contributed by atoms with Gasteiger partial charge < -0.3 is 20.1 Å². The van der Waals surface area contributed by atoms with Gasteiger partial charge in [-0.1, -0.05) is 44.1 Å². The number of sulfonamides is 1. The number of methoxy groups -OCH3 is 1. The van der Waals surface area contributed by atoms with Crippen LogP contribution in [0.2, 0.25) is 0 Å². The van der Waals surface area contributed by atoms with E-state index in [0.717, 1.165) is 43.3 Å². The number of rotatable bonds is 10. The molecule has 0 saturated carbocycles. The number of nitrogens with zero attached hydrogens (tertiary/aromatic N) is 4. The first-order valence-electron chi connectivity index (χ1n) is 14.4. The maximum Gasteiger partial charge on any atom is 0.414 e. The molecule has 3 N–H and O–H groups in total. The first-order valence-corrected chi connectivity index (χ1v) is 16.3. The van der Waals surface area contributed by atoms with Crippen LogP contribution in [0.3, 0.4) is 0 Å². The largest absolute Gasteiger partial charge is 0.492 e. The normalized spacial score (nSPS) is 15.6. The summed E-state index contributed by atoms with van der Waals surface area (Å²) in [7, 11) is -2.22. The maximum atomic E-state index is 13.5. The zero-order chi connectivity index (χ0) is 32.2. The SMILES string of the molecule is CCN1CCC[C@@H]1CNC(=O)Oc1cn(-c2cc(C(=O)Nc3cc(C(C)(C)C)cc(NS(C)(=O)=O)c3OC)ccc2C)nn1. The topological polar surface area (TPSA) is 157 Å². The number of carbonyl (C=O) groups is 2. The van der Waals surface area contributed by atoms with Crippen LogP contribution in [-0.2, 0) is 15.4 Å². The zero-order valence-electron chi connectivity index (χ0n) is 26.2. The molecule has 14 heteroatoms. The van der Waals surface area contributed by atoms with Gasteiger partial charge in [0.1, 0.15) is 0 Å². The van der Waals surface area contributed by atoms with E-state index in [1.165, 1.54) is 18.0 Å². The molecule has 0 spiro atoms. The number of ether oxygens (including phenoxy) is 2. The van der Waals surface area contributed by atoms with Crippen molar-refractivity contribution in [3.63, 3.8) is 0 Å². The summed E-state index contributed by atoms with van der Waals surface area (Å²) in [5.41, 5.74) is 2.61. The molecule has 4 rings (SSSR count). The Bertz CT molecular complexity index is 1630. The van der Waals surface area contributed by atoms with E-state index in [2.05, 4.69) is 37.5 Å². The highest BCUT2D eigenvalue weighted by molar-refractivity contribution is 7.92. The summed E-state index contributed by atoms with van der Waals surface area (Å²) in [4.78, 5) is 28.2. The van der Waals surface area contributed by atoms with E-state index in [0.29, 0.717) is 29.5 Å². The fraction of sp³-hybridized carbons (Fsp3) is 0.467. The number of hydrogen-bond donors (Lipinski definition) is 3. The summed E-state index contributed by atoms with van der Waals surface area (Å²) in [6.45, 7) is 12.3. The molecule has 13 nitrogen and oxygen atoms in total. The molecule has 0 aliphatic carbocycles. The van der Waals surface area contributed by atoms with Gasteiger partial charge in [0.2, 0.25) is 10.0 Å². The van der Waals surface area contributed by atoms with Gasteiger partial charge in [0.05, 0.1) is 36.6 Å². The molecule has 1 fully saturated rings. The van der Waals surface area contributed by atoms with Gasteiger partial charge in [-0.15, -0.1) is 0 Å². The van der Waals surface area contributed by atoms with Crippen molar-refractivity contribution in [3.05, 3.63) is 53.2 Å². The Hall–Kier alpha value is -4.17. The van der Waals surface area contributed by atoms with E-state index in [4.69, 9.17) is 9.47 Å². The van der Waals surface area contributed by atoms with Gasteiger partial charge >= 0.3 is 6.09 Å². The zero-order valence-corrected chi connectivity index (χ0v) is 27.0. The van der Waals surface area contributed by atoms with Crippen LogP contribution in [0, 0.1) is 6.92 Å². The summed E-state index contributed by atoms with van der Waals surface area (Å²) in [6, 6.07) is 8.81. The monoisotopic (exact) mass is 627 g/mol. The van der Waals surface area contributed by atoms with E-state index in [-0.39, 0.29) is 22.7 Å². The number of likely N-dealkylation sites (N-methyl/N-ethyl adjacent to an activating group) is 1. The van der Waals surface area contributed by atoms with Crippen LogP contribution in [0.5, 0.6) is 11.6 Å². The highest BCUT2D eigenvalue weighted by Gasteiger charge is 2.25. The summed E-state index contributed by atoms with van der Waals surface area (Å²) in [6.07, 6.45) is 4.04. The molecule has 0 radical (unpaired) electrons. The van der Waals surface area contributed by atoms with Crippen molar-refractivity contribution in [2.45, 2.75) is 58.9 Å². The Labute approximate surface area is 258 Å². The molecule has 238 valence electrons. The van der Waals surface area contributed by atoms with Crippen LogP contribution in [0.1, 0.15) is 62.0 Å². The molecule has 0 unspecified atom stereocenters. The van der Waals surface area contributed by atoms with Crippen molar-refractivity contribution >= 4 is 33.4 Å². The van der Waals surface area contributed by atoms with Crippen molar-refractivity contribution in [1.82, 2.24) is 25.2 Å². The molecule has 0 bridgehead atoms. The van der Waals surface area contributed by atoms with Gasteiger partial charge in [0.25, 0.3) is 11.8 Å². The third kappa shape index (κ3) is 8.05. The summed E-state index contributed by atoms with van der Waals surface area (Å²) in [5.74, 6) is -0.258. The summed E-state index contributed by atoms with van der Waals surface area (Å²) in [5, 5.41) is 13.7. The maximum absolute atomic E-state index is 13.5.